The summed E-state index contributed by atoms with van der Waals surface area (Å²) < 4.78 is 0. The third kappa shape index (κ3) is 3.16. The first-order valence-corrected chi connectivity index (χ1v) is 8.00. The van der Waals surface area contributed by atoms with E-state index in [0.29, 0.717) is 29.2 Å². The number of halogens is 1. The second-order valence-electron chi connectivity index (χ2n) is 6.29. The molecule has 1 aromatic carbocycles. The van der Waals surface area contributed by atoms with Crippen molar-refractivity contribution in [2.45, 2.75) is 31.7 Å². The predicted molar refractivity (Wildman–Crippen MR) is 92.4 cm³/mol. The molecule has 0 bridgehead atoms. The molecule has 3 amide bonds. The van der Waals surface area contributed by atoms with Gasteiger partial charge in [0.1, 0.15) is 0 Å². The first kappa shape index (κ1) is 18.4. The topological polar surface area (TPSA) is 92.5 Å². The van der Waals surface area contributed by atoms with Crippen LogP contribution in [0, 0.1) is 5.92 Å². The lowest BCUT2D eigenvalue weighted by Crippen LogP contribution is -2.44. The summed E-state index contributed by atoms with van der Waals surface area (Å²) in [6, 6.07) is 4.73. The van der Waals surface area contributed by atoms with Crippen LogP contribution in [0.4, 0.5) is 0 Å². The van der Waals surface area contributed by atoms with Crippen LogP contribution < -0.4 is 11.1 Å². The highest BCUT2D eigenvalue weighted by atomic mass is 35.5. The van der Waals surface area contributed by atoms with Gasteiger partial charge in [-0.15, -0.1) is 12.4 Å². The minimum atomic E-state index is -0.364. The van der Waals surface area contributed by atoms with Crippen molar-refractivity contribution in [2.75, 3.05) is 13.6 Å². The van der Waals surface area contributed by atoms with Gasteiger partial charge in [-0.3, -0.25) is 19.3 Å². The number of nitrogens with two attached hydrogens (primary N) is 1. The fourth-order valence-electron chi connectivity index (χ4n) is 3.43. The van der Waals surface area contributed by atoms with E-state index in [0.717, 1.165) is 30.6 Å². The Morgan fingerprint density at radius 1 is 1.21 bits per heavy atom. The molecule has 2 aliphatic rings. The van der Waals surface area contributed by atoms with Crippen molar-refractivity contribution in [3.05, 3.63) is 34.9 Å². The van der Waals surface area contributed by atoms with Gasteiger partial charge < -0.3 is 11.1 Å². The maximum Gasteiger partial charge on any atom is 0.261 e. The zero-order chi connectivity index (χ0) is 16.6. The molecule has 7 heteroatoms. The highest BCUT2D eigenvalue weighted by molar-refractivity contribution is 6.21. The Morgan fingerprint density at radius 3 is 2.58 bits per heavy atom. The average molecular weight is 352 g/mol. The van der Waals surface area contributed by atoms with E-state index in [1.807, 2.05) is 0 Å². The highest BCUT2D eigenvalue weighted by Crippen LogP contribution is 2.25. The molecular formula is C17H22ClN3O3. The van der Waals surface area contributed by atoms with Crippen molar-refractivity contribution in [1.82, 2.24) is 10.2 Å². The van der Waals surface area contributed by atoms with Crippen molar-refractivity contribution < 1.29 is 14.4 Å². The molecule has 3 rings (SSSR count). The van der Waals surface area contributed by atoms with E-state index in [9.17, 15) is 14.4 Å². The molecule has 0 aromatic heterocycles. The molecule has 1 aliphatic carbocycles. The molecule has 0 radical (unpaired) electrons. The van der Waals surface area contributed by atoms with E-state index in [1.54, 1.807) is 12.1 Å². The van der Waals surface area contributed by atoms with Crippen LogP contribution in [-0.4, -0.2) is 42.3 Å². The normalized spacial score (nSPS) is 22.8. The number of carbonyl (C=O) groups excluding carboxylic acids is 3. The van der Waals surface area contributed by atoms with Gasteiger partial charge in [0.25, 0.3) is 17.7 Å². The van der Waals surface area contributed by atoms with Crippen LogP contribution in [0.15, 0.2) is 18.2 Å². The van der Waals surface area contributed by atoms with Crippen molar-refractivity contribution in [1.29, 1.82) is 0 Å². The molecule has 0 saturated heterocycles. The van der Waals surface area contributed by atoms with Crippen LogP contribution >= 0.6 is 12.4 Å². The van der Waals surface area contributed by atoms with E-state index in [4.69, 9.17) is 5.73 Å². The van der Waals surface area contributed by atoms with Crippen LogP contribution in [0.2, 0.25) is 0 Å². The molecule has 1 fully saturated rings. The number of benzene rings is 1. The largest absolute Gasteiger partial charge is 0.349 e. The molecular weight excluding hydrogens is 330 g/mol. The van der Waals surface area contributed by atoms with Gasteiger partial charge in [-0.2, -0.15) is 0 Å². The van der Waals surface area contributed by atoms with E-state index in [-0.39, 0.29) is 36.2 Å². The maximum atomic E-state index is 12.5. The van der Waals surface area contributed by atoms with Gasteiger partial charge in [0.15, 0.2) is 0 Å². The minimum absolute atomic E-state index is 0. The van der Waals surface area contributed by atoms with Crippen LogP contribution in [0.3, 0.4) is 0 Å². The number of rotatable bonds is 3. The summed E-state index contributed by atoms with van der Waals surface area (Å²) >= 11 is 0. The Hall–Kier alpha value is -1.92. The lowest BCUT2D eigenvalue weighted by Gasteiger charge is -2.31. The molecule has 1 aromatic rings. The molecule has 1 heterocycles. The van der Waals surface area contributed by atoms with Gasteiger partial charge >= 0.3 is 0 Å². The molecule has 130 valence electrons. The van der Waals surface area contributed by atoms with E-state index in [2.05, 4.69) is 5.32 Å². The molecule has 24 heavy (non-hydrogen) atoms. The summed E-state index contributed by atoms with van der Waals surface area (Å²) in [4.78, 5) is 37.5. The first-order chi connectivity index (χ1) is 11.0. The Labute approximate surface area is 147 Å². The Balaban J connectivity index is 0.00000208. The SMILES string of the molecule is CN1C(=O)c2ccc(C(=O)NC3CCCCC3CN)cc2C1=O.Cl. The molecule has 2 unspecified atom stereocenters. The van der Waals surface area contributed by atoms with Gasteiger partial charge in [0, 0.05) is 18.7 Å². The number of imide groups is 1. The fraction of sp³-hybridized carbons (Fsp3) is 0.471. The van der Waals surface area contributed by atoms with Gasteiger partial charge in [-0.05, 0) is 43.5 Å². The molecule has 3 N–H and O–H groups in total. The van der Waals surface area contributed by atoms with Gasteiger partial charge in [0.05, 0.1) is 11.1 Å². The van der Waals surface area contributed by atoms with Crippen molar-refractivity contribution in [2.24, 2.45) is 11.7 Å². The standard InChI is InChI=1S/C17H21N3O3.ClH/c1-20-16(22)12-7-6-10(8-13(12)17(20)23)15(21)19-14-5-3-2-4-11(14)9-18;/h6-8,11,14H,2-5,9,18H2,1H3,(H,19,21);1H. The Kier molecular flexibility index (Phi) is 5.62. The second kappa shape index (κ2) is 7.32. The molecule has 1 saturated carbocycles. The molecule has 2 atom stereocenters. The minimum Gasteiger partial charge on any atom is -0.349 e. The van der Waals surface area contributed by atoms with Crippen molar-refractivity contribution in [3.63, 3.8) is 0 Å². The summed E-state index contributed by atoms with van der Waals surface area (Å²) in [6.45, 7) is 0.562. The lowest BCUT2D eigenvalue weighted by molar-refractivity contribution is 0.0693. The monoisotopic (exact) mass is 351 g/mol. The van der Waals surface area contributed by atoms with E-state index in [1.165, 1.54) is 13.1 Å². The van der Waals surface area contributed by atoms with Crippen LogP contribution in [-0.2, 0) is 0 Å². The quantitative estimate of drug-likeness (QED) is 0.809. The second-order valence-corrected chi connectivity index (χ2v) is 6.29. The number of fused-ring (bicyclic) bond motifs is 1. The van der Waals surface area contributed by atoms with Crippen LogP contribution in [0.25, 0.3) is 0 Å². The summed E-state index contributed by atoms with van der Waals surface area (Å²) in [6.07, 6.45) is 4.20. The highest BCUT2D eigenvalue weighted by Gasteiger charge is 2.33. The number of nitrogens with one attached hydrogen (secondary N) is 1. The number of hydrogen-bond acceptors (Lipinski definition) is 4. The summed E-state index contributed by atoms with van der Waals surface area (Å²) in [7, 11) is 1.44. The lowest BCUT2D eigenvalue weighted by atomic mass is 9.84. The number of carbonyl (C=O) groups is 3. The summed E-state index contributed by atoms with van der Waals surface area (Å²) in [5.74, 6) is -0.603. The zero-order valence-electron chi connectivity index (χ0n) is 13.6. The Morgan fingerprint density at radius 2 is 1.88 bits per heavy atom. The summed E-state index contributed by atoms with van der Waals surface area (Å²) in [5, 5.41) is 3.04. The third-order valence-electron chi connectivity index (χ3n) is 4.88. The van der Waals surface area contributed by atoms with Crippen molar-refractivity contribution in [3.8, 4) is 0 Å². The smallest absolute Gasteiger partial charge is 0.261 e. The van der Waals surface area contributed by atoms with Gasteiger partial charge in [0.2, 0.25) is 0 Å². The van der Waals surface area contributed by atoms with E-state index < -0.39 is 0 Å². The molecule has 6 nitrogen and oxygen atoms in total. The average Bonchev–Trinajstić information content (AvgIpc) is 2.79. The molecule has 1 aliphatic heterocycles. The Bertz CT molecular complexity index is 677. The van der Waals surface area contributed by atoms with Gasteiger partial charge in [-0.25, -0.2) is 0 Å². The number of amides is 3. The van der Waals surface area contributed by atoms with Crippen LogP contribution in [0.1, 0.15) is 56.8 Å². The zero-order valence-corrected chi connectivity index (χ0v) is 14.4. The molecule has 0 spiro atoms. The summed E-state index contributed by atoms with van der Waals surface area (Å²) in [5.41, 5.74) is 6.84. The number of nitrogens with zero attached hydrogens (tertiary/aromatic N) is 1. The van der Waals surface area contributed by atoms with Crippen molar-refractivity contribution >= 4 is 30.1 Å². The maximum absolute atomic E-state index is 12.5. The van der Waals surface area contributed by atoms with Crippen LogP contribution in [0.5, 0.6) is 0 Å². The van der Waals surface area contributed by atoms with E-state index >= 15 is 0 Å². The fourth-order valence-corrected chi connectivity index (χ4v) is 3.43. The first-order valence-electron chi connectivity index (χ1n) is 8.00. The third-order valence-corrected chi connectivity index (χ3v) is 4.88. The predicted octanol–water partition coefficient (Wildman–Crippen LogP) is 1.58. The van der Waals surface area contributed by atoms with Gasteiger partial charge in [-0.1, -0.05) is 12.8 Å². The number of hydrogen-bond donors (Lipinski definition) is 2.